The Morgan fingerprint density at radius 2 is 2.29 bits per heavy atom. The van der Waals surface area contributed by atoms with E-state index < -0.39 is 0 Å². The number of fused-ring (bicyclic) bond motifs is 1. The van der Waals surface area contributed by atoms with Crippen LogP contribution in [0.2, 0.25) is 0 Å². The van der Waals surface area contributed by atoms with E-state index in [-0.39, 0.29) is 11.6 Å². The molecule has 0 saturated carbocycles. The Kier molecular flexibility index (Phi) is 2.15. The highest BCUT2D eigenvalue weighted by molar-refractivity contribution is 5.24. The average Bonchev–Trinajstić information content (AvgIpc) is 2.10. The number of rotatable bonds is 0. The molecule has 1 aliphatic rings. The Morgan fingerprint density at radius 1 is 1.57 bits per heavy atom. The molecule has 4 heteroatoms. The zero-order valence-corrected chi connectivity index (χ0v) is 8.79. The van der Waals surface area contributed by atoms with Gasteiger partial charge in [0.1, 0.15) is 5.82 Å². The van der Waals surface area contributed by atoms with Crippen LogP contribution in [0.25, 0.3) is 0 Å². The first-order valence-corrected chi connectivity index (χ1v) is 4.89. The zero-order chi connectivity index (χ0) is 10.3. The number of aryl methyl sites for hydroxylation is 1. The molecule has 0 aromatic carbocycles. The number of hydrogen-bond donors (Lipinski definition) is 1. The molecular weight excluding hydrogens is 178 g/mol. The fourth-order valence-electron chi connectivity index (χ4n) is 1.97. The van der Waals surface area contributed by atoms with Crippen LogP contribution in [-0.2, 0) is 6.42 Å². The van der Waals surface area contributed by atoms with Crippen molar-refractivity contribution in [2.24, 2.45) is 0 Å². The van der Waals surface area contributed by atoms with Gasteiger partial charge in [-0.3, -0.25) is 9.69 Å². The second-order valence-corrected chi connectivity index (χ2v) is 3.92. The summed E-state index contributed by atoms with van der Waals surface area (Å²) in [5.41, 5.74) is 1.83. The van der Waals surface area contributed by atoms with E-state index in [4.69, 9.17) is 0 Å². The third-order valence-electron chi connectivity index (χ3n) is 2.93. The first kappa shape index (κ1) is 9.40. The number of aromatic nitrogens is 2. The predicted molar refractivity (Wildman–Crippen MR) is 54.3 cm³/mol. The van der Waals surface area contributed by atoms with Crippen molar-refractivity contribution >= 4 is 0 Å². The molecule has 0 aliphatic carbocycles. The summed E-state index contributed by atoms with van der Waals surface area (Å²) in [6.07, 6.45) is 0.876. The Labute approximate surface area is 83.0 Å². The molecule has 76 valence electrons. The van der Waals surface area contributed by atoms with Crippen molar-refractivity contribution in [3.8, 4) is 0 Å². The Bertz CT molecular complexity index is 410. The zero-order valence-electron chi connectivity index (χ0n) is 8.79. The van der Waals surface area contributed by atoms with E-state index in [2.05, 4.69) is 14.9 Å². The molecule has 2 rings (SSSR count). The van der Waals surface area contributed by atoms with E-state index in [9.17, 15) is 4.79 Å². The molecule has 14 heavy (non-hydrogen) atoms. The maximum Gasteiger partial charge on any atom is 0.255 e. The van der Waals surface area contributed by atoms with Crippen molar-refractivity contribution in [1.82, 2.24) is 14.9 Å². The van der Waals surface area contributed by atoms with Crippen molar-refractivity contribution < 1.29 is 0 Å². The maximum absolute atomic E-state index is 11.7. The van der Waals surface area contributed by atoms with E-state index in [0.29, 0.717) is 5.82 Å². The van der Waals surface area contributed by atoms with Gasteiger partial charge in [-0.25, -0.2) is 4.98 Å². The minimum absolute atomic E-state index is 0.0200. The van der Waals surface area contributed by atoms with Gasteiger partial charge in [-0.05, 0) is 20.9 Å². The normalized spacial score (nSPS) is 22.1. The topological polar surface area (TPSA) is 49.0 Å². The lowest BCUT2D eigenvalue weighted by atomic mass is 10.00. The van der Waals surface area contributed by atoms with E-state index in [1.165, 1.54) is 0 Å². The number of likely N-dealkylation sites (N-methyl/N-ethyl adjacent to an activating group) is 1. The van der Waals surface area contributed by atoms with Gasteiger partial charge in [0.2, 0.25) is 0 Å². The van der Waals surface area contributed by atoms with Gasteiger partial charge in [0.05, 0.1) is 11.3 Å². The van der Waals surface area contributed by atoms with Crippen LogP contribution in [-0.4, -0.2) is 28.5 Å². The van der Waals surface area contributed by atoms with Gasteiger partial charge in [-0.2, -0.15) is 0 Å². The summed E-state index contributed by atoms with van der Waals surface area (Å²) in [6.45, 7) is 4.85. The fourth-order valence-corrected chi connectivity index (χ4v) is 1.97. The number of H-pyrrole nitrogens is 1. The molecule has 0 amide bonds. The molecule has 4 nitrogen and oxygen atoms in total. The van der Waals surface area contributed by atoms with Gasteiger partial charge < -0.3 is 4.98 Å². The number of hydrogen-bond acceptors (Lipinski definition) is 3. The van der Waals surface area contributed by atoms with E-state index in [1.54, 1.807) is 0 Å². The molecule has 0 bridgehead atoms. The van der Waals surface area contributed by atoms with Gasteiger partial charge in [-0.15, -0.1) is 0 Å². The molecule has 0 spiro atoms. The Balaban J connectivity index is 2.60. The average molecular weight is 193 g/mol. The highest BCUT2D eigenvalue weighted by Gasteiger charge is 2.24. The van der Waals surface area contributed by atoms with Gasteiger partial charge >= 0.3 is 0 Å². The summed E-state index contributed by atoms with van der Waals surface area (Å²) in [4.78, 5) is 21.0. The predicted octanol–water partition coefficient (Wildman–Crippen LogP) is 0.627. The summed E-state index contributed by atoms with van der Waals surface area (Å²) in [5, 5.41) is 0. The van der Waals surface area contributed by atoms with Crippen molar-refractivity contribution in [3.63, 3.8) is 0 Å². The summed E-state index contributed by atoms with van der Waals surface area (Å²) < 4.78 is 0. The third kappa shape index (κ3) is 1.35. The summed E-state index contributed by atoms with van der Waals surface area (Å²) in [6, 6.07) is 0.176. The molecule has 0 radical (unpaired) electrons. The highest BCUT2D eigenvalue weighted by atomic mass is 16.1. The molecule has 0 saturated heterocycles. The smallest absolute Gasteiger partial charge is 0.255 e. The van der Waals surface area contributed by atoms with Crippen LogP contribution in [0, 0.1) is 6.92 Å². The third-order valence-corrected chi connectivity index (χ3v) is 2.93. The van der Waals surface area contributed by atoms with E-state index >= 15 is 0 Å². The minimum atomic E-state index is 0.0200. The standard InChI is InChI=1S/C10H15N3O/c1-6-9-8(4-5-13(6)3)11-7(2)12-10(9)14/h6H,4-5H2,1-3H3,(H,11,12,14). The molecule has 1 aliphatic heterocycles. The lowest BCUT2D eigenvalue weighted by Crippen LogP contribution is -2.36. The Hall–Kier alpha value is -1.16. The molecule has 1 N–H and O–H groups in total. The Morgan fingerprint density at radius 3 is 3.00 bits per heavy atom. The second-order valence-electron chi connectivity index (χ2n) is 3.92. The first-order chi connectivity index (χ1) is 6.59. The van der Waals surface area contributed by atoms with Crippen LogP contribution < -0.4 is 5.56 Å². The molecule has 0 fully saturated rings. The molecule has 2 heterocycles. The SMILES string of the molecule is Cc1nc2c(c(=O)[nH]1)C(C)N(C)CC2. The lowest BCUT2D eigenvalue weighted by molar-refractivity contribution is 0.242. The number of nitrogens with zero attached hydrogens (tertiary/aromatic N) is 2. The van der Waals surface area contributed by atoms with E-state index in [1.807, 2.05) is 20.9 Å². The molecular formula is C10H15N3O. The van der Waals surface area contributed by atoms with E-state index in [0.717, 1.165) is 24.2 Å². The monoisotopic (exact) mass is 193 g/mol. The molecule has 1 aromatic heterocycles. The van der Waals surface area contributed by atoms with Crippen molar-refractivity contribution in [3.05, 3.63) is 27.4 Å². The molecule has 1 atom stereocenters. The lowest BCUT2D eigenvalue weighted by Gasteiger charge is -2.30. The van der Waals surface area contributed by atoms with Crippen LogP contribution in [0.15, 0.2) is 4.79 Å². The highest BCUT2D eigenvalue weighted by Crippen LogP contribution is 2.23. The van der Waals surface area contributed by atoms with Crippen molar-refractivity contribution in [1.29, 1.82) is 0 Å². The number of nitrogens with one attached hydrogen (secondary N) is 1. The quantitative estimate of drug-likeness (QED) is 0.657. The van der Waals surface area contributed by atoms with Gasteiger partial charge in [-0.1, -0.05) is 0 Å². The van der Waals surface area contributed by atoms with Gasteiger partial charge in [0, 0.05) is 19.0 Å². The summed E-state index contributed by atoms with van der Waals surface area (Å²) >= 11 is 0. The van der Waals surface area contributed by atoms with Crippen LogP contribution >= 0.6 is 0 Å². The molecule has 1 unspecified atom stereocenters. The van der Waals surface area contributed by atoms with Crippen LogP contribution in [0.3, 0.4) is 0 Å². The summed E-state index contributed by atoms with van der Waals surface area (Å²) in [7, 11) is 2.03. The van der Waals surface area contributed by atoms with Crippen LogP contribution in [0.5, 0.6) is 0 Å². The first-order valence-electron chi connectivity index (χ1n) is 4.89. The number of aromatic amines is 1. The summed E-state index contributed by atoms with van der Waals surface area (Å²) in [5.74, 6) is 0.713. The van der Waals surface area contributed by atoms with Gasteiger partial charge in [0.15, 0.2) is 0 Å². The van der Waals surface area contributed by atoms with Crippen molar-refractivity contribution in [2.75, 3.05) is 13.6 Å². The van der Waals surface area contributed by atoms with Crippen LogP contribution in [0.1, 0.15) is 30.0 Å². The second kappa shape index (κ2) is 3.20. The van der Waals surface area contributed by atoms with Crippen molar-refractivity contribution in [2.45, 2.75) is 26.3 Å². The maximum atomic E-state index is 11.7. The minimum Gasteiger partial charge on any atom is -0.310 e. The molecule has 1 aromatic rings. The van der Waals surface area contributed by atoms with Crippen LogP contribution in [0.4, 0.5) is 0 Å². The largest absolute Gasteiger partial charge is 0.310 e. The van der Waals surface area contributed by atoms with Gasteiger partial charge in [0.25, 0.3) is 5.56 Å². The fraction of sp³-hybridized carbons (Fsp3) is 0.600.